The smallest absolute Gasteiger partial charge is 0.263 e. The van der Waals surface area contributed by atoms with Crippen LogP contribution in [0.25, 0.3) is 10.6 Å². The first-order valence-electron chi connectivity index (χ1n) is 9.32. The van der Waals surface area contributed by atoms with Gasteiger partial charge in [0.1, 0.15) is 9.88 Å². The van der Waals surface area contributed by atoms with Gasteiger partial charge in [-0.05, 0) is 31.4 Å². The lowest BCUT2D eigenvalue weighted by Crippen LogP contribution is -2.47. The quantitative estimate of drug-likeness (QED) is 0.758. The molecular weight excluding hydrogens is 362 g/mol. The van der Waals surface area contributed by atoms with E-state index in [-0.39, 0.29) is 17.9 Å². The number of nitrogens with zero attached hydrogens (tertiary/aromatic N) is 3. The highest BCUT2D eigenvalue weighted by molar-refractivity contribution is 7.16. The first kappa shape index (κ1) is 19.4. The predicted octanol–water partition coefficient (Wildman–Crippen LogP) is 1.93. The van der Waals surface area contributed by atoms with Gasteiger partial charge in [0.05, 0.1) is 12.7 Å². The predicted molar refractivity (Wildman–Crippen MR) is 106 cm³/mol. The molecule has 8 heteroatoms. The van der Waals surface area contributed by atoms with Crippen molar-refractivity contribution in [1.82, 2.24) is 25.5 Å². The average Bonchev–Trinajstić information content (AvgIpc) is 3.19. The maximum atomic E-state index is 12.5. The lowest BCUT2D eigenvalue weighted by atomic mass is 10.0. The molecule has 2 N–H and O–H groups in total. The molecular formula is C19H25N5O2S. The standard InChI is InChI=1S/C19H25N5O2S/c1-2-7-21-17(25)13-24-10-5-15(6-11-24)23-18(26)16-12-22-19(27-16)14-3-8-20-9-4-14/h3-4,8-9,12,15H,2,5-7,10-11,13H2,1H3,(H,21,25)(H,23,26). The van der Waals surface area contributed by atoms with E-state index in [4.69, 9.17) is 0 Å². The summed E-state index contributed by atoms with van der Waals surface area (Å²) in [6, 6.07) is 3.90. The van der Waals surface area contributed by atoms with Gasteiger partial charge < -0.3 is 10.6 Å². The Morgan fingerprint density at radius 1 is 1.26 bits per heavy atom. The first-order valence-corrected chi connectivity index (χ1v) is 10.1. The van der Waals surface area contributed by atoms with Crippen molar-refractivity contribution in [1.29, 1.82) is 0 Å². The van der Waals surface area contributed by atoms with Crippen LogP contribution in [0.4, 0.5) is 0 Å². The van der Waals surface area contributed by atoms with Gasteiger partial charge in [-0.2, -0.15) is 0 Å². The highest BCUT2D eigenvalue weighted by Gasteiger charge is 2.23. The van der Waals surface area contributed by atoms with Gasteiger partial charge in [0, 0.05) is 43.6 Å². The maximum absolute atomic E-state index is 12.5. The summed E-state index contributed by atoms with van der Waals surface area (Å²) in [5.41, 5.74) is 0.962. The van der Waals surface area contributed by atoms with Crippen molar-refractivity contribution in [2.75, 3.05) is 26.2 Å². The van der Waals surface area contributed by atoms with Gasteiger partial charge in [0.2, 0.25) is 5.91 Å². The zero-order chi connectivity index (χ0) is 19.1. The monoisotopic (exact) mass is 387 g/mol. The second kappa shape index (κ2) is 9.57. The Kier molecular flexibility index (Phi) is 6.89. The van der Waals surface area contributed by atoms with Crippen molar-refractivity contribution in [2.45, 2.75) is 32.2 Å². The molecule has 0 saturated carbocycles. The minimum Gasteiger partial charge on any atom is -0.355 e. The van der Waals surface area contributed by atoms with Gasteiger partial charge in [-0.1, -0.05) is 6.92 Å². The molecule has 0 spiro atoms. The highest BCUT2D eigenvalue weighted by Crippen LogP contribution is 2.24. The Hall–Kier alpha value is -2.32. The molecule has 0 bridgehead atoms. The fraction of sp³-hybridized carbons (Fsp3) is 0.474. The van der Waals surface area contributed by atoms with Crippen LogP contribution in [-0.4, -0.2) is 58.9 Å². The van der Waals surface area contributed by atoms with Crippen molar-refractivity contribution in [2.24, 2.45) is 0 Å². The molecule has 3 rings (SSSR count). The Morgan fingerprint density at radius 2 is 2.00 bits per heavy atom. The molecule has 3 heterocycles. The Balaban J connectivity index is 1.46. The number of thiazole rings is 1. The summed E-state index contributed by atoms with van der Waals surface area (Å²) in [4.78, 5) is 35.4. The van der Waals surface area contributed by atoms with Gasteiger partial charge in [-0.15, -0.1) is 11.3 Å². The third kappa shape index (κ3) is 5.58. The lowest BCUT2D eigenvalue weighted by molar-refractivity contribution is -0.122. The third-order valence-electron chi connectivity index (χ3n) is 4.52. The van der Waals surface area contributed by atoms with E-state index in [1.165, 1.54) is 11.3 Å². The van der Waals surface area contributed by atoms with E-state index in [2.05, 4.69) is 25.5 Å². The van der Waals surface area contributed by atoms with Gasteiger partial charge in [-0.25, -0.2) is 4.98 Å². The number of nitrogens with one attached hydrogen (secondary N) is 2. The average molecular weight is 388 g/mol. The van der Waals surface area contributed by atoms with Gasteiger partial charge in [0.15, 0.2) is 0 Å². The van der Waals surface area contributed by atoms with Crippen LogP contribution >= 0.6 is 11.3 Å². The third-order valence-corrected chi connectivity index (χ3v) is 5.56. The van der Waals surface area contributed by atoms with E-state index in [9.17, 15) is 9.59 Å². The molecule has 27 heavy (non-hydrogen) atoms. The zero-order valence-corrected chi connectivity index (χ0v) is 16.3. The maximum Gasteiger partial charge on any atom is 0.263 e. The molecule has 0 unspecified atom stereocenters. The molecule has 0 radical (unpaired) electrons. The SMILES string of the molecule is CCCNC(=O)CN1CCC(NC(=O)c2cnc(-c3ccncc3)s2)CC1. The van der Waals surface area contributed by atoms with E-state index in [1.54, 1.807) is 18.6 Å². The van der Waals surface area contributed by atoms with Crippen molar-refractivity contribution < 1.29 is 9.59 Å². The number of amides is 2. The summed E-state index contributed by atoms with van der Waals surface area (Å²) in [7, 11) is 0. The molecule has 1 aliphatic rings. The normalized spacial score (nSPS) is 15.4. The molecule has 0 aliphatic carbocycles. The molecule has 1 saturated heterocycles. The number of piperidine rings is 1. The number of aromatic nitrogens is 2. The molecule has 2 amide bonds. The van der Waals surface area contributed by atoms with Crippen molar-refractivity contribution >= 4 is 23.2 Å². The summed E-state index contributed by atoms with van der Waals surface area (Å²) < 4.78 is 0. The van der Waals surface area contributed by atoms with Gasteiger partial charge >= 0.3 is 0 Å². The van der Waals surface area contributed by atoms with Crippen LogP contribution in [0.2, 0.25) is 0 Å². The molecule has 1 aliphatic heterocycles. The number of hydrogen-bond donors (Lipinski definition) is 2. The summed E-state index contributed by atoms with van der Waals surface area (Å²) >= 11 is 1.38. The van der Waals surface area contributed by atoms with E-state index >= 15 is 0 Å². The topological polar surface area (TPSA) is 87.2 Å². The summed E-state index contributed by atoms with van der Waals surface area (Å²) in [5.74, 6) is -0.000387. The van der Waals surface area contributed by atoms with Crippen molar-refractivity contribution in [3.63, 3.8) is 0 Å². The molecule has 144 valence electrons. The number of pyridine rings is 1. The number of hydrogen-bond acceptors (Lipinski definition) is 6. The highest BCUT2D eigenvalue weighted by atomic mass is 32.1. The number of rotatable bonds is 7. The fourth-order valence-corrected chi connectivity index (χ4v) is 3.85. The Bertz CT molecular complexity index is 756. The van der Waals surface area contributed by atoms with Gasteiger partial charge in [0.25, 0.3) is 5.91 Å². The van der Waals surface area contributed by atoms with Crippen LogP contribution in [0.15, 0.2) is 30.7 Å². The molecule has 0 atom stereocenters. The fourth-order valence-electron chi connectivity index (χ4n) is 3.02. The minimum absolute atomic E-state index is 0.0765. The van der Waals surface area contributed by atoms with Gasteiger partial charge in [-0.3, -0.25) is 19.5 Å². The van der Waals surface area contributed by atoms with Crippen molar-refractivity contribution in [3.05, 3.63) is 35.6 Å². The Labute approximate surface area is 163 Å². The van der Waals surface area contributed by atoms with Crippen LogP contribution in [-0.2, 0) is 4.79 Å². The first-order chi connectivity index (χ1) is 13.2. The lowest BCUT2D eigenvalue weighted by Gasteiger charge is -2.31. The van der Waals surface area contributed by atoms with E-state index in [0.717, 1.165) is 49.5 Å². The largest absolute Gasteiger partial charge is 0.355 e. The van der Waals surface area contributed by atoms with Crippen LogP contribution in [0.5, 0.6) is 0 Å². The second-order valence-electron chi connectivity index (χ2n) is 6.64. The van der Waals surface area contributed by atoms with E-state index in [1.807, 2.05) is 19.1 Å². The summed E-state index contributed by atoms with van der Waals surface area (Å²) in [6.07, 6.45) is 7.70. The number of carbonyl (C=O) groups excluding carboxylic acids is 2. The molecule has 1 fully saturated rings. The van der Waals surface area contributed by atoms with Crippen LogP contribution in [0.3, 0.4) is 0 Å². The molecule has 0 aromatic carbocycles. The Morgan fingerprint density at radius 3 is 2.70 bits per heavy atom. The zero-order valence-electron chi connectivity index (χ0n) is 15.5. The van der Waals surface area contributed by atoms with E-state index < -0.39 is 0 Å². The molecule has 7 nitrogen and oxygen atoms in total. The van der Waals surface area contributed by atoms with E-state index in [0.29, 0.717) is 11.4 Å². The second-order valence-corrected chi connectivity index (χ2v) is 7.67. The van der Waals surface area contributed by atoms with Crippen molar-refractivity contribution in [3.8, 4) is 10.6 Å². The summed E-state index contributed by atoms with van der Waals surface area (Å²) in [5, 5.41) is 6.82. The summed E-state index contributed by atoms with van der Waals surface area (Å²) in [6.45, 7) is 4.83. The van der Waals surface area contributed by atoms with Crippen LogP contribution in [0, 0.1) is 0 Å². The van der Waals surface area contributed by atoms with Crippen LogP contribution in [0.1, 0.15) is 35.9 Å². The molecule has 2 aromatic rings. The number of carbonyl (C=O) groups is 2. The minimum atomic E-state index is -0.0769. The number of likely N-dealkylation sites (tertiary alicyclic amines) is 1. The van der Waals surface area contributed by atoms with Crippen LogP contribution < -0.4 is 10.6 Å². The molecule has 2 aromatic heterocycles.